The molecule has 0 atom stereocenters. The average Bonchev–Trinajstić information content (AvgIpc) is 2.84. The Morgan fingerprint density at radius 3 is 2.67 bits per heavy atom. The number of ether oxygens (including phenoxy) is 2. The molecule has 8 heteroatoms. The third-order valence-electron chi connectivity index (χ3n) is 5.69. The number of halogens is 1. The first kappa shape index (κ1) is 22.9. The molecule has 1 fully saturated rings. The molecule has 7 nitrogen and oxygen atoms in total. The minimum absolute atomic E-state index is 0.0361. The maximum absolute atomic E-state index is 14.5. The van der Waals surface area contributed by atoms with E-state index in [1.165, 1.54) is 12.1 Å². The van der Waals surface area contributed by atoms with Crippen LogP contribution in [0.15, 0.2) is 47.4 Å². The van der Waals surface area contributed by atoms with Crippen LogP contribution < -0.4 is 15.5 Å². The average molecular weight is 454 g/mol. The van der Waals surface area contributed by atoms with Crippen LogP contribution in [0.5, 0.6) is 5.75 Å². The Kier molecular flexibility index (Phi) is 7.36. The van der Waals surface area contributed by atoms with Gasteiger partial charge in [-0.05, 0) is 36.2 Å². The van der Waals surface area contributed by atoms with Crippen molar-refractivity contribution >= 4 is 16.8 Å². The predicted octanol–water partition coefficient (Wildman–Crippen LogP) is 3.19. The number of nitrogens with one attached hydrogen (secondary N) is 2. The number of hydrogen-bond acceptors (Lipinski definition) is 5. The van der Waals surface area contributed by atoms with Gasteiger partial charge in [-0.25, -0.2) is 4.39 Å². The number of rotatable bonds is 8. The van der Waals surface area contributed by atoms with Crippen LogP contribution >= 0.6 is 0 Å². The minimum Gasteiger partial charge on any atom is -0.491 e. The zero-order chi connectivity index (χ0) is 23.2. The Morgan fingerprint density at radius 1 is 1.18 bits per heavy atom. The van der Waals surface area contributed by atoms with Crippen molar-refractivity contribution in [3.8, 4) is 16.9 Å². The van der Waals surface area contributed by atoms with E-state index in [4.69, 9.17) is 9.47 Å². The van der Waals surface area contributed by atoms with Crippen LogP contribution in [0.25, 0.3) is 22.0 Å². The molecular weight excluding hydrogens is 425 g/mol. The Morgan fingerprint density at radius 2 is 1.94 bits per heavy atom. The highest BCUT2D eigenvalue weighted by atomic mass is 19.1. The maximum atomic E-state index is 14.5. The Balaban J connectivity index is 1.49. The fourth-order valence-corrected chi connectivity index (χ4v) is 3.87. The number of amides is 1. The number of pyridine rings is 1. The zero-order valence-electron chi connectivity index (χ0n) is 18.7. The lowest BCUT2D eigenvalue weighted by molar-refractivity contribution is 0.0383. The fraction of sp³-hybridized carbons (Fsp3) is 0.360. The molecule has 1 aliphatic heterocycles. The van der Waals surface area contributed by atoms with Gasteiger partial charge in [0.15, 0.2) is 5.43 Å². The van der Waals surface area contributed by atoms with Gasteiger partial charge in [-0.15, -0.1) is 0 Å². The van der Waals surface area contributed by atoms with Gasteiger partial charge in [0.1, 0.15) is 11.6 Å². The van der Waals surface area contributed by atoms with Crippen molar-refractivity contribution in [2.75, 3.05) is 46.0 Å². The molecular formula is C25H28FN3O4. The molecule has 2 heterocycles. The second-order valence-corrected chi connectivity index (χ2v) is 7.96. The molecule has 1 aromatic heterocycles. The molecule has 0 radical (unpaired) electrons. The summed E-state index contributed by atoms with van der Waals surface area (Å²) >= 11 is 0. The largest absolute Gasteiger partial charge is 0.491 e. The van der Waals surface area contributed by atoms with Crippen LogP contribution in [0.4, 0.5) is 4.39 Å². The van der Waals surface area contributed by atoms with Gasteiger partial charge in [-0.2, -0.15) is 0 Å². The number of hydrogen-bond donors (Lipinski definition) is 2. The van der Waals surface area contributed by atoms with E-state index in [0.717, 1.165) is 39.3 Å². The van der Waals surface area contributed by atoms with Crippen molar-refractivity contribution in [3.05, 3.63) is 64.2 Å². The molecule has 0 spiro atoms. The molecule has 33 heavy (non-hydrogen) atoms. The van der Waals surface area contributed by atoms with Gasteiger partial charge in [0.05, 0.1) is 30.7 Å². The summed E-state index contributed by atoms with van der Waals surface area (Å²) in [5.74, 6) is -0.333. The molecule has 0 bridgehead atoms. The summed E-state index contributed by atoms with van der Waals surface area (Å²) in [6, 6.07) is 9.50. The van der Waals surface area contributed by atoms with Crippen molar-refractivity contribution in [1.29, 1.82) is 0 Å². The normalized spacial score (nSPS) is 14.4. The SMILES string of the molecule is CCCOc1ccc(F)c2c(=O)c(-c3ccc(C(=O)NCCN4CCOCC4)cc3)c[nH]c12. The molecule has 174 valence electrons. The van der Waals surface area contributed by atoms with Gasteiger partial charge in [0.2, 0.25) is 0 Å². The second kappa shape index (κ2) is 10.6. The quantitative estimate of drug-likeness (QED) is 0.547. The smallest absolute Gasteiger partial charge is 0.251 e. The van der Waals surface area contributed by atoms with E-state index in [9.17, 15) is 14.0 Å². The number of carbonyl (C=O) groups excluding carboxylic acids is 1. The highest BCUT2D eigenvalue weighted by Crippen LogP contribution is 2.26. The highest BCUT2D eigenvalue weighted by molar-refractivity contribution is 5.95. The molecule has 2 N–H and O–H groups in total. The summed E-state index contributed by atoms with van der Waals surface area (Å²) in [6.07, 6.45) is 2.36. The molecule has 0 unspecified atom stereocenters. The van der Waals surface area contributed by atoms with E-state index in [0.29, 0.717) is 41.1 Å². The van der Waals surface area contributed by atoms with E-state index in [1.807, 2.05) is 6.92 Å². The van der Waals surface area contributed by atoms with E-state index >= 15 is 0 Å². The summed E-state index contributed by atoms with van der Waals surface area (Å²) < 4.78 is 25.5. The predicted molar refractivity (Wildman–Crippen MR) is 125 cm³/mol. The van der Waals surface area contributed by atoms with Gasteiger partial charge in [-0.3, -0.25) is 14.5 Å². The summed E-state index contributed by atoms with van der Waals surface area (Å²) in [7, 11) is 0. The molecule has 2 aromatic carbocycles. The summed E-state index contributed by atoms with van der Waals surface area (Å²) in [6.45, 7) is 6.96. The monoisotopic (exact) mass is 453 g/mol. The van der Waals surface area contributed by atoms with Crippen molar-refractivity contribution in [1.82, 2.24) is 15.2 Å². The van der Waals surface area contributed by atoms with Crippen molar-refractivity contribution in [3.63, 3.8) is 0 Å². The number of fused-ring (bicyclic) bond motifs is 1. The Bertz CT molecular complexity index is 1170. The Labute approximate surface area is 191 Å². The minimum atomic E-state index is -0.604. The van der Waals surface area contributed by atoms with Crippen LogP contribution in [-0.4, -0.2) is 61.8 Å². The maximum Gasteiger partial charge on any atom is 0.251 e. The number of benzene rings is 2. The topological polar surface area (TPSA) is 83.7 Å². The van der Waals surface area contributed by atoms with Crippen LogP contribution in [0.3, 0.4) is 0 Å². The van der Waals surface area contributed by atoms with Gasteiger partial charge < -0.3 is 19.8 Å². The zero-order valence-corrected chi connectivity index (χ0v) is 18.7. The molecule has 1 aliphatic rings. The van der Waals surface area contributed by atoms with Crippen molar-refractivity contribution < 1.29 is 18.7 Å². The molecule has 4 rings (SSSR count). The van der Waals surface area contributed by atoms with E-state index in [2.05, 4.69) is 15.2 Å². The van der Waals surface area contributed by atoms with Crippen LogP contribution in [0.1, 0.15) is 23.7 Å². The van der Waals surface area contributed by atoms with Crippen LogP contribution in [-0.2, 0) is 4.74 Å². The first-order valence-corrected chi connectivity index (χ1v) is 11.2. The molecule has 1 saturated heterocycles. The number of aromatic nitrogens is 1. The van der Waals surface area contributed by atoms with Gasteiger partial charge in [0.25, 0.3) is 5.91 Å². The summed E-state index contributed by atoms with van der Waals surface area (Å²) in [5, 5.41) is 2.88. The molecule has 1 amide bonds. The van der Waals surface area contributed by atoms with Crippen molar-refractivity contribution in [2.24, 2.45) is 0 Å². The van der Waals surface area contributed by atoms with Crippen LogP contribution in [0.2, 0.25) is 0 Å². The lowest BCUT2D eigenvalue weighted by Crippen LogP contribution is -2.41. The third-order valence-corrected chi connectivity index (χ3v) is 5.69. The van der Waals surface area contributed by atoms with E-state index < -0.39 is 11.2 Å². The first-order valence-electron chi connectivity index (χ1n) is 11.2. The highest BCUT2D eigenvalue weighted by Gasteiger charge is 2.16. The van der Waals surface area contributed by atoms with Gasteiger partial charge in [0, 0.05) is 43.5 Å². The van der Waals surface area contributed by atoms with Crippen LogP contribution in [0, 0.1) is 5.82 Å². The second-order valence-electron chi connectivity index (χ2n) is 7.96. The third kappa shape index (κ3) is 5.23. The number of morpholine rings is 1. The lowest BCUT2D eigenvalue weighted by Gasteiger charge is -2.26. The molecule has 0 saturated carbocycles. The standard InChI is InChI=1S/C25H28FN3O4/c1-2-13-33-21-8-7-20(26)22-23(21)28-16-19(24(22)30)17-3-5-18(6-4-17)25(31)27-9-10-29-11-14-32-15-12-29/h3-8,16H,2,9-15H2,1H3,(H,27,31)(H,28,30). The lowest BCUT2D eigenvalue weighted by atomic mass is 10.0. The summed E-state index contributed by atoms with van der Waals surface area (Å²) in [5.41, 5.74) is 1.34. The van der Waals surface area contributed by atoms with E-state index in [1.54, 1.807) is 30.5 Å². The summed E-state index contributed by atoms with van der Waals surface area (Å²) in [4.78, 5) is 30.8. The molecule has 3 aromatic rings. The van der Waals surface area contributed by atoms with Gasteiger partial charge >= 0.3 is 0 Å². The molecule has 0 aliphatic carbocycles. The van der Waals surface area contributed by atoms with E-state index in [-0.39, 0.29) is 11.3 Å². The van der Waals surface area contributed by atoms with Crippen molar-refractivity contribution in [2.45, 2.75) is 13.3 Å². The number of H-pyrrole nitrogens is 1. The number of nitrogens with zero attached hydrogens (tertiary/aromatic N) is 1. The fourth-order valence-electron chi connectivity index (χ4n) is 3.87. The first-order chi connectivity index (χ1) is 16.1. The van der Waals surface area contributed by atoms with Gasteiger partial charge in [-0.1, -0.05) is 19.1 Å². The number of carbonyl (C=O) groups is 1. The number of aromatic amines is 1. The Hall–Kier alpha value is -3.23.